The van der Waals surface area contributed by atoms with Crippen molar-refractivity contribution in [2.75, 3.05) is 19.0 Å². The normalized spacial score (nSPS) is 10.3. The zero-order valence-corrected chi connectivity index (χ0v) is 14.6. The zero-order chi connectivity index (χ0) is 17.0. The highest BCUT2D eigenvalue weighted by atomic mass is 35.5. The number of benzene rings is 1. The van der Waals surface area contributed by atoms with Crippen LogP contribution in [0.1, 0.15) is 15.2 Å². The first kappa shape index (κ1) is 17.6. The van der Waals surface area contributed by atoms with Gasteiger partial charge in [0, 0.05) is 0 Å². The Balaban J connectivity index is 2.06. The minimum absolute atomic E-state index is 0.237. The molecular weight excluding hydrogens is 361 g/mol. The smallest absolute Gasteiger partial charge is 0.350 e. The van der Waals surface area contributed by atoms with Gasteiger partial charge in [0.15, 0.2) is 12.4 Å². The lowest BCUT2D eigenvalue weighted by molar-refractivity contribution is -0.118. The Morgan fingerprint density at radius 2 is 1.91 bits per heavy atom. The first-order valence-electron chi connectivity index (χ1n) is 6.47. The lowest BCUT2D eigenvalue weighted by atomic mass is 10.2. The van der Waals surface area contributed by atoms with Gasteiger partial charge in [-0.05, 0) is 30.0 Å². The Morgan fingerprint density at radius 1 is 1.26 bits per heavy atom. The maximum atomic E-state index is 12.1. The molecule has 0 unspecified atom stereocenters. The van der Waals surface area contributed by atoms with E-state index in [0.717, 1.165) is 5.56 Å². The summed E-state index contributed by atoms with van der Waals surface area (Å²) in [6, 6.07) is 4.90. The molecule has 0 spiro atoms. The number of esters is 1. The number of aryl methyl sites for hydroxylation is 1. The van der Waals surface area contributed by atoms with Gasteiger partial charge in [-0.15, -0.1) is 11.3 Å². The van der Waals surface area contributed by atoms with Crippen molar-refractivity contribution in [1.82, 2.24) is 0 Å². The SMILES string of the molecule is COC(=O)c1scc(C)c1NC(=O)COc1c(Cl)cccc1Cl. The van der Waals surface area contributed by atoms with Gasteiger partial charge in [-0.1, -0.05) is 29.3 Å². The summed E-state index contributed by atoms with van der Waals surface area (Å²) in [5.74, 6) is -0.706. The number of methoxy groups -OCH3 is 1. The molecule has 1 N–H and O–H groups in total. The van der Waals surface area contributed by atoms with Crippen molar-refractivity contribution in [3.63, 3.8) is 0 Å². The molecule has 0 saturated carbocycles. The molecule has 0 saturated heterocycles. The summed E-state index contributed by atoms with van der Waals surface area (Å²) < 4.78 is 10.0. The van der Waals surface area contributed by atoms with Crippen LogP contribution < -0.4 is 10.1 Å². The van der Waals surface area contributed by atoms with E-state index in [1.807, 2.05) is 0 Å². The second-order valence-corrected chi connectivity index (χ2v) is 6.20. The van der Waals surface area contributed by atoms with Gasteiger partial charge in [0.05, 0.1) is 22.8 Å². The van der Waals surface area contributed by atoms with E-state index in [0.29, 0.717) is 20.6 Å². The Hall–Kier alpha value is -1.76. The van der Waals surface area contributed by atoms with Crippen molar-refractivity contribution in [3.05, 3.63) is 44.1 Å². The molecule has 2 rings (SSSR count). The van der Waals surface area contributed by atoms with Gasteiger partial charge in [0.2, 0.25) is 0 Å². The number of carbonyl (C=O) groups is 2. The van der Waals surface area contributed by atoms with E-state index in [9.17, 15) is 9.59 Å². The highest BCUT2D eigenvalue weighted by Crippen LogP contribution is 2.32. The molecule has 0 aliphatic carbocycles. The third-order valence-electron chi connectivity index (χ3n) is 2.88. The monoisotopic (exact) mass is 373 g/mol. The molecule has 122 valence electrons. The van der Waals surface area contributed by atoms with Crippen LogP contribution >= 0.6 is 34.5 Å². The molecule has 1 aromatic carbocycles. The van der Waals surface area contributed by atoms with E-state index in [2.05, 4.69) is 10.1 Å². The Bertz CT molecular complexity index is 725. The van der Waals surface area contributed by atoms with Crippen LogP contribution in [0.4, 0.5) is 5.69 Å². The van der Waals surface area contributed by atoms with Gasteiger partial charge in [0.1, 0.15) is 4.88 Å². The predicted octanol–water partition coefficient (Wildman–Crippen LogP) is 4.17. The second-order valence-electron chi connectivity index (χ2n) is 4.50. The van der Waals surface area contributed by atoms with E-state index in [4.69, 9.17) is 27.9 Å². The maximum absolute atomic E-state index is 12.1. The first-order chi connectivity index (χ1) is 10.9. The molecule has 1 amide bonds. The number of para-hydroxylation sites is 1. The fourth-order valence-electron chi connectivity index (χ4n) is 1.78. The van der Waals surface area contributed by atoms with E-state index in [1.54, 1.807) is 30.5 Å². The largest absolute Gasteiger partial charge is 0.481 e. The van der Waals surface area contributed by atoms with Gasteiger partial charge >= 0.3 is 5.97 Å². The summed E-state index contributed by atoms with van der Waals surface area (Å²) in [6.45, 7) is 1.49. The summed E-state index contributed by atoms with van der Waals surface area (Å²) in [4.78, 5) is 24.0. The molecule has 8 heteroatoms. The standard InChI is InChI=1S/C15H13Cl2NO4S/c1-8-7-23-14(15(20)21-2)12(8)18-11(19)6-22-13-9(16)4-3-5-10(13)17/h3-5,7H,6H2,1-2H3,(H,18,19). The van der Waals surface area contributed by atoms with E-state index >= 15 is 0 Å². The zero-order valence-electron chi connectivity index (χ0n) is 12.3. The number of carbonyl (C=O) groups excluding carboxylic acids is 2. The molecule has 0 bridgehead atoms. The molecule has 1 heterocycles. The first-order valence-corrected chi connectivity index (χ1v) is 8.10. The Kier molecular flexibility index (Phi) is 5.87. The maximum Gasteiger partial charge on any atom is 0.350 e. The number of amides is 1. The molecule has 1 aromatic heterocycles. The predicted molar refractivity (Wildman–Crippen MR) is 91.0 cm³/mol. The van der Waals surface area contributed by atoms with Crippen molar-refractivity contribution in [3.8, 4) is 5.75 Å². The van der Waals surface area contributed by atoms with Gasteiger partial charge < -0.3 is 14.8 Å². The molecule has 0 atom stereocenters. The molecule has 0 aliphatic rings. The Labute approximate surface area is 147 Å². The minimum Gasteiger partial charge on any atom is -0.481 e. The highest BCUT2D eigenvalue weighted by molar-refractivity contribution is 7.12. The third kappa shape index (κ3) is 4.16. The van der Waals surface area contributed by atoms with Crippen LogP contribution in [0.3, 0.4) is 0 Å². The molecule has 0 aliphatic heterocycles. The number of thiophene rings is 1. The van der Waals surface area contributed by atoms with Crippen LogP contribution in [0.25, 0.3) is 0 Å². The molecular formula is C15H13Cl2NO4S. The number of hydrogen-bond acceptors (Lipinski definition) is 5. The molecule has 2 aromatic rings. The van der Waals surface area contributed by atoms with Crippen molar-refractivity contribution < 1.29 is 19.1 Å². The number of ether oxygens (including phenoxy) is 2. The summed E-state index contributed by atoms with van der Waals surface area (Å²) in [5, 5.41) is 5.02. The van der Waals surface area contributed by atoms with Crippen LogP contribution in [0, 0.1) is 6.92 Å². The van der Waals surface area contributed by atoms with E-state index in [1.165, 1.54) is 18.4 Å². The van der Waals surface area contributed by atoms with Gasteiger partial charge in [-0.3, -0.25) is 4.79 Å². The number of nitrogens with one attached hydrogen (secondary N) is 1. The topological polar surface area (TPSA) is 64.6 Å². The van der Waals surface area contributed by atoms with Gasteiger partial charge in [0.25, 0.3) is 5.91 Å². The van der Waals surface area contributed by atoms with Crippen molar-refractivity contribution >= 4 is 52.1 Å². The highest BCUT2D eigenvalue weighted by Gasteiger charge is 2.19. The van der Waals surface area contributed by atoms with Crippen molar-refractivity contribution in [1.29, 1.82) is 0 Å². The molecule has 5 nitrogen and oxygen atoms in total. The van der Waals surface area contributed by atoms with Crippen molar-refractivity contribution in [2.24, 2.45) is 0 Å². The van der Waals surface area contributed by atoms with Crippen LogP contribution in [0.2, 0.25) is 10.0 Å². The number of hydrogen-bond donors (Lipinski definition) is 1. The van der Waals surface area contributed by atoms with Crippen molar-refractivity contribution in [2.45, 2.75) is 6.92 Å². The van der Waals surface area contributed by atoms with E-state index in [-0.39, 0.29) is 12.4 Å². The lowest BCUT2D eigenvalue weighted by Gasteiger charge is -2.11. The van der Waals surface area contributed by atoms with Crippen LogP contribution in [0.15, 0.2) is 23.6 Å². The molecule has 0 radical (unpaired) electrons. The van der Waals surface area contributed by atoms with Crippen LogP contribution in [-0.2, 0) is 9.53 Å². The summed E-state index contributed by atoms with van der Waals surface area (Å²) in [5.41, 5.74) is 1.18. The average Bonchev–Trinajstić information content (AvgIpc) is 2.87. The number of halogens is 2. The minimum atomic E-state index is -0.506. The summed E-state index contributed by atoms with van der Waals surface area (Å²) >= 11 is 13.1. The van der Waals surface area contributed by atoms with Crippen LogP contribution in [0.5, 0.6) is 5.75 Å². The third-order valence-corrected chi connectivity index (χ3v) is 4.55. The van der Waals surface area contributed by atoms with E-state index < -0.39 is 11.9 Å². The summed E-state index contributed by atoms with van der Waals surface area (Å²) in [7, 11) is 1.28. The lowest BCUT2D eigenvalue weighted by Crippen LogP contribution is -2.21. The average molecular weight is 374 g/mol. The molecule has 23 heavy (non-hydrogen) atoms. The fourth-order valence-corrected chi connectivity index (χ4v) is 3.20. The Morgan fingerprint density at radius 3 is 2.52 bits per heavy atom. The van der Waals surface area contributed by atoms with Gasteiger partial charge in [-0.25, -0.2) is 4.79 Å². The number of rotatable bonds is 5. The fraction of sp³-hybridized carbons (Fsp3) is 0.200. The second kappa shape index (κ2) is 7.68. The van der Waals surface area contributed by atoms with Gasteiger partial charge in [-0.2, -0.15) is 0 Å². The number of anilines is 1. The van der Waals surface area contributed by atoms with Crippen LogP contribution in [-0.4, -0.2) is 25.6 Å². The molecule has 0 fully saturated rings. The summed E-state index contributed by atoms with van der Waals surface area (Å²) in [6.07, 6.45) is 0. The quantitative estimate of drug-likeness (QED) is 0.798.